The van der Waals surface area contributed by atoms with Crippen molar-refractivity contribution in [3.8, 4) is 0 Å². The van der Waals surface area contributed by atoms with Gasteiger partial charge in [0.05, 0.1) is 10.7 Å². The predicted octanol–water partition coefficient (Wildman–Crippen LogP) is 3.56. The minimum absolute atomic E-state index is 0.199. The molecule has 2 rings (SSSR count). The number of hydrogen-bond acceptors (Lipinski definition) is 2. The van der Waals surface area contributed by atoms with E-state index in [-0.39, 0.29) is 10.7 Å². The van der Waals surface area contributed by atoms with Crippen LogP contribution in [0.4, 0.5) is 18.9 Å². The van der Waals surface area contributed by atoms with Crippen LogP contribution in [0, 0.1) is 17.5 Å². The Labute approximate surface area is 118 Å². The van der Waals surface area contributed by atoms with E-state index in [4.69, 9.17) is 11.6 Å². The first kappa shape index (κ1) is 14.7. The van der Waals surface area contributed by atoms with Crippen LogP contribution in [-0.4, -0.2) is 8.42 Å². The lowest BCUT2D eigenvalue weighted by Gasteiger charge is -2.10. The SMILES string of the molecule is O=S(=O)(Nc1ccc(Cl)c(F)c1)c1c(F)cccc1F. The fraction of sp³-hybridized carbons (Fsp3) is 0. The highest BCUT2D eigenvalue weighted by molar-refractivity contribution is 7.92. The monoisotopic (exact) mass is 321 g/mol. The van der Waals surface area contributed by atoms with E-state index in [1.807, 2.05) is 4.72 Å². The molecule has 20 heavy (non-hydrogen) atoms. The van der Waals surface area contributed by atoms with Crippen molar-refractivity contribution in [3.05, 3.63) is 58.9 Å². The number of hydrogen-bond donors (Lipinski definition) is 1. The second-order valence-corrected chi connectivity index (χ2v) is 5.81. The molecule has 2 aromatic carbocycles. The summed E-state index contributed by atoms with van der Waals surface area (Å²) in [6.07, 6.45) is 0. The Morgan fingerprint density at radius 3 is 2.10 bits per heavy atom. The molecule has 0 amide bonds. The van der Waals surface area contributed by atoms with Gasteiger partial charge >= 0.3 is 0 Å². The Bertz CT molecular complexity index is 745. The lowest BCUT2D eigenvalue weighted by Crippen LogP contribution is -2.16. The van der Waals surface area contributed by atoms with Crippen molar-refractivity contribution in [2.45, 2.75) is 4.90 Å². The summed E-state index contributed by atoms with van der Waals surface area (Å²) in [5, 5.41) is -0.204. The van der Waals surface area contributed by atoms with Crippen molar-refractivity contribution in [2.24, 2.45) is 0 Å². The van der Waals surface area contributed by atoms with Crippen molar-refractivity contribution in [2.75, 3.05) is 4.72 Å². The van der Waals surface area contributed by atoms with Gasteiger partial charge in [-0.2, -0.15) is 0 Å². The summed E-state index contributed by atoms with van der Waals surface area (Å²) in [5.41, 5.74) is -0.199. The van der Waals surface area contributed by atoms with Crippen LogP contribution in [0.1, 0.15) is 0 Å². The Balaban J connectivity index is 2.43. The van der Waals surface area contributed by atoms with Crippen LogP contribution in [0.3, 0.4) is 0 Å². The van der Waals surface area contributed by atoms with Crippen molar-refractivity contribution < 1.29 is 21.6 Å². The normalized spacial score (nSPS) is 11.4. The first-order valence-corrected chi connectivity index (χ1v) is 7.09. The van der Waals surface area contributed by atoms with E-state index in [2.05, 4.69) is 0 Å². The molecule has 106 valence electrons. The zero-order chi connectivity index (χ0) is 14.9. The molecule has 0 bridgehead atoms. The van der Waals surface area contributed by atoms with Crippen LogP contribution in [0.5, 0.6) is 0 Å². The Morgan fingerprint density at radius 1 is 0.950 bits per heavy atom. The molecule has 0 fully saturated rings. The highest BCUT2D eigenvalue weighted by atomic mass is 35.5. The van der Waals surface area contributed by atoms with Gasteiger partial charge in [-0.25, -0.2) is 21.6 Å². The molecule has 8 heteroatoms. The molecule has 0 unspecified atom stereocenters. The molecule has 1 N–H and O–H groups in total. The molecule has 0 aliphatic heterocycles. The number of halogens is 4. The molecular formula is C12H7ClF3NO2S. The zero-order valence-corrected chi connectivity index (χ0v) is 11.3. The average Bonchev–Trinajstić information content (AvgIpc) is 2.33. The number of rotatable bonds is 3. The smallest absolute Gasteiger partial charge is 0.267 e. The molecule has 0 saturated heterocycles. The van der Waals surface area contributed by atoms with Crippen molar-refractivity contribution in [3.63, 3.8) is 0 Å². The van der Waals surface area contributed by atoms with Crippen LogP contribution in [0.2, 0.25) is 5.02 Å². The first-order valence-electron chi connectivity index (χ1n) is 5.23. The molecule has 0 aliphatic carbocycles. The summed E-state index contributed by atoms with van der Waals surface area (Å²) in [7, 11) is -4.51. The van der Waals surface area contributed by atoms with E-state index >= 15 is 0 Å². The third kappa shape index (κ3) is 2.88. The minimum atomic E-state index is -4.51. The third-order valence-corrected chi connectivity index (χ3v) is 4.10. The van der Waals surface area contributed by atoms with Gasteiger partial charge in [0.25, 0.3) is 10.0 Å². The van der Waals surface area contributed by atoms with Gasteiger partial charge in [0.1, 0.15) is 17.5 Å². The summed E-state index contributed by atoms with van der Waals surface area (Å²) in [6, 6.07) is 5.73. The minimum Gasteiger partial charge on any atom is -0.279 e. The van der Waals surface area contributed by atoms with Gasteiger partial charge < -0.3 is 0 Å². The van der Waals surface area contributed by atoms with Gasteiger partial charge in [0.15, 0.2) is 4.90 Å². The quantitative estimate of drug-likeness (QED) is 0.939. The van der Waals surface area contributed by atoms with Gasteiger partial charge in [0.2, 0.25) is 0 Å². The Kier molecular flexibility index (Phi) is 3.92. The average molecular weight is 322 g/mol. The molecule has 0 heterocycles. The van der Waals surface area contributed by atoms with E-state index in [1.54, 1.807) is 0 Å². The Morgan fingerprint density at radius 2 is 1.55 bits per heavy atom. The molecule has 3 nitrogen and oxygen atoms in total. The lowest BCUT2D eigenvalue weighted by molar-refractivity contribution is 0.521. The van der Waals surface area contributed by atoms with E-state index in [1.165, 1.54) is 6.07 Å². The van der Waals surface area contributed by atoms with Crippen LogP contribution in [0.15, 0.2) is 41.3 Å². The van der Waals surface area contributed by atoms with E-state index in [9.17, 15) is 21.6 Å². The maximum absolute atomic E-state index is 13.4. The molecule has 0 radical (unpaired) electrons. The van der Waals surface area contributed by atoms with Crippen LogP contribution in [0.25, 0.3) is 0 Å². The van der Waals surface area contributed by atoms with E-state index in [0.29, 0.717) is 0 Å². The van der Waals surface area contributed by atoms with Crippen LogP contribution >= 0.6 is 11.6 Å². The molecule has 0 atom stereocenters. The maximum atomic E-state index is 13.4. The summed E-state index contributed by atoms with van der Waals surface area (Å²) in [4.78, 5) is -1.13. The summed E-state index contributed by atoms with van der Waals surface area (Å²) < 4.78 is 65.7. The van der Waals surface area contributed by atoms with Gasteiger partial charge in [0, 0.05) is 0 Å². The number of benzene rings is 2. The van der Waals surface area contributed by atoms with E-state index < -0.39 is 32.4 Å². The summed E-state index contributed by atoms with van der Waals surface area (Å²) in [6.45, 7) is 0. The molecule has 0 aliphatic rings. The van der Waals surface area contributed by atoms with Gasteiger partial charge in [-0.15, -0.1) is 0 Å². The summed E-state index contributed by atoms with van der Waals surface area (Å²) in [5.74, 6) is -3.35. The zero-order valence-electron chi connectivity index (χ0n) is 9.70. The van der Waals surface area contributed by atoms with E-state index in [0.717, 1.165) is 30.3 Å². The fourth-order valence-corrected chi connectivity index (χ4v) is 2.81. The highest BCUT2D eigenvalue weighted by Gasteiger charge is 2.24. The molecular weight excluding hydrogens is 315 g/mol. The van der Waals surface area contributed by atoms with Crippen molar-refractivity contribution in [1.29, 1.82) is 0 Å². The molecule has 0 saturated carbocycles. The molecule has 0 spiro atoms. The van der Waals surface area contributed by atoms with Gasteiger partial charge in [-0.3, -0.25) is 4.72 Å². The number of sulfonamides is 1. The molecule has 2 aromatic rings. The largest absolute Gasteiger partial charge is 0.279 e. The third-order valence-electron chi connectivity index (χ3n) is 2.36. The van der Waals surface area contributed by atoms with Crippen molar-refractivity contribution >= 4 is 27.3 Å². The lowest BCUT2D eigenvalue weighted by atomic mass is 10.3. The van der Waals surface area contributed by atoms with Gasteiger partial charge in [-0.1, -0.05) is 17.7 Å². The summed E-state index contributed by atoms with van der Waals surface area (Å²) >= 11 is 5.45. The van der Waals surface area contributed by atoms with Crippen molar-refractivity contribution in [1.82, 2.24) is 0 Å². The second kappa shape index (κ2) is 5.34. The van der Waals surface area contributed by atoms with Crippen LogP contribution < -0.4 is 4.72 Å². The number of nitrogens with one attached hydrogen (secondary N) is 1. The van der Waals surface area contributed by atoms with Crippen LogP contribution in [-0.2, 0) is 10.0 Å². The standard InChI is InChI=1S/C12H7ClF3NO2S/c13-8-5-4-7(6-11(8)16)17-20(18,19)12-9(14)2-1-3-10(12)15/h1-6,17H. The molecule has 0 aromatic heterocycles. The fourth-order valence-electron chi connectivity index (χ4n) is 1.51. The second-order valence-electron chi connectivity index (χ2n) is 3.79. The Hall–Kier alpha value is -1.73. The van der Waals surface area contributed by atoms with Gasteiger partial charge in [-0.05, 0) is 30.3 Å². The first-order chi connectivity index (χ1) is 9.31. The highest BCUT2D eigenvalue weighted by Crippen LogP contribution is 2.24. The topological polar surface area (TPSA) is 46.2 Å². The maximum Gasteiger partial charge on any atom is 0.267 e. The predicted molar refractivity (Wildman–Crippen MR) is 68.6 cm³/mol. The number of anilines is 1.